The first-order valence-electron chi connectivity index (χ1n) is 10.6. The highest BCUT2D eigenvalue weighted by molar-refractivity contribution is 7.89. The van der Waals surface area contributed by atoms with Crippen molar-refractivity contribution in [3.05, 3.63) is 71.9 Å². The Morgan fingerprint density at radius 3 is 2.63 bits per heavy atom. The van der Waals surface area contributed by atoms with Crippen LogP contribution in [0.25, 0.3) is 10.9 Å². The average Bonchev–Trinajstić information content (AvgIpc) is 3.24. The number of hydrogen-bond donors (Lipinski definition) is 0. The van der Waals surface area contributed by atoms with Crippen LogP contribution in [0.3, 0.4) is 0 Å². The lowest BCUT2D eigenvalue weighted by Gasteiger charge is -2.29. The number of fused-ring (bicyclic) bond motifs is 1. The van der Waals surface area contributed by atoms with Gasteiger partial charge in [0.1, 0.15) is 0 Å². The smallest absolute Gasteiger partial charge is 0.244 e. The van der Waals surface area contributed by atoms with Crippen LogP contribution in [-0.2, 0) is 10.0 Å². The number of benzene rings is 2. The third kappa shape index (κ3) is 3.75. The summed E-state index contributed by atoms with van der Waals surface area (Å²) >= 11 is 0. The highest BCUT2D eigenvalue weighted by Gasteiger charge is 2.37. The van der Waals surface area contributed by atoms with E-state index in [1.165, 1.54) is 5.56 Å². The molecule has 0 N–H and O–H groups in total. The summed E-state index contributed by atoms with van der Waals surface area (Å²) in [7, 11) is -3.63. The molecule has 1 aliphatic rings. The molecule has 0 spiro atoms. The fraction of sp³-hybridized carbons (Fsp3) is 0.375. The highest BCUT2D eigenvalue weighted by atomic mass is 32.2. The zero-order chi connectivity index (χ0) is 21.3. The number of aryl methyl sites for hydroxylation is 1. The minimum atomic E-state index is -3.63. The van der Waals surface area contributed by atoms with Crippen LogP contribution in [0.1, 0.15) is 37.4 Å². The Balaban J connectivity index is 1.62. The molecule has 2 unspecified atom stereocenters. The third-order valence-corrected chi connectivity index (χ3v) is 8.35. The van der Waals surface area contributed by atoms with Gasteiger partial charge in [-0.25, -0.2) is 8.42 Å². The molecular weight excluding hydrogens is 394 g/mol. The molecule has 1 fully saturated rings. The van der Waals surface area contributed by atoms with Gasteiger partial charge in [-0.3, -0.25) is 9.88 Å². The zero-order valence-corrected chi connectivity index (χ0v) is 18.6. The predicted molar refractivity (Wildman–Crippen MR) is 121 cm³/mol. The summed E-state index contributed by atoms with van der Waals surface area (Å²) in [6, 6.07) is 17.9. The van der Waals surface area contributed by atoms with Crippen LogP contribution in [0, 0.1) is 6.92 Å². The second-order valence-corrected chi connectivity index (χ2v) is 9.87. The Kier molecular flexibility index (Phi) is 5.91. The second kappa shape index (κ2) is 8.46. The maximum Gasteiger partial charge on any atom is 0.244 e. The first-order valence-corrected chi connectivity index (χ1v) is 12.0. The Morgan fingerprint density at radius 2 is 1.90 bits per heavy atom. The van der Waals surface area contributed by atoms with E-state index >= 15 is 0 Å². The van der Waals surface area contributed by atoms with Gasteiger partial charge < -0.3 is 0 Å². The van der Waals surface area contributed by atoms with Gasteiger partial charge in [-0.1, -0.05) is 43.3 Å². The lowest BCUT2D eigenvalue weighted by Crippen LogP contribution is -2.42. The molecule has 6 heteroatoms. The molecule has 2 atom stereocenters. The molecule has 0 aliphatic carbocycles. The molecule has 4 rings (SSSR count). The summed E-state index contributed by atoms with van der Waals surface area (Å²) < 4.78 is 29.1. The quantitative estimate of drug-likeness (QED) is 0.590. The Bertz CT molecular complexity index is 1130. The van der Waals surface area contributed by atoms with E-state index in [4.69, 9.17) is 0 Å². The van der Waals surface area contributed by atoms with Crippen molar-refractivity contribution < 1.29 is 8.42 Å². The van der Waals surface area contributed by atoms with Crippen LogP contribution < -0.4 is 0 Å². The van der Waals surface area contributed by atoms with E-state index in [2.05, 4.69) is 41.1 Å². The Morgan fingerprint density at radius 1 is 1.13 bits per heavy atom. The van der Waals surface area contributed by atoms with E-state index in [0.29, 0.717) is 16.8 Å². The van der Waals surface area contributed by atoms with Crippen molar-refractivity contribution in [1.29, 1.82) is 0 Å². The largest absolute Gasteiger partial charge is 0.295 e. The zero-order valence-electron chi connectivity index (χ0n) is 17.8. The number of aromatic nitrogens is 1. The average molecular weight is 424 g/mol. The van der Waals surface area contributed by atoms with Gasteiger partial charge in [-0.15, -0.1) is 0 Å². The van der Waals surface area contributed by atoms with Gasteiger partial charge in [0.25, 0.3) is 0 Å². The molecule has 0 saturated carbocycles. The van der Waals surface area contributed by atoms with E-state index in [9.17, 15) is 8.42 Å². The lowest BCUT2D eigenvalue weighted by atomic mass is 10.1. The summed E-state index contributed by atoms with van der Waals surface area (Å²) in [4.78, 5) is 7.15. The van der Waals surface area contributed by atoms with Crippen LogP contribution in [0.5, 0.6) is 0 Å². The standard InChI is InChI=1S/C24H29N3O2S/c1-4-27(21-14-16-26(17-21)19(3)20-9-6-5-7-10-20)30(28,29)23-13-12-18(2)24-22(23)11-8-15-25-24/h5-13,15,19,21H,4,14,16-17H2,1-3H3. The third-order valence-electron chi connectivity index (χ3n) is 6.26. The van der Waals surface area contributed by atoms with E-state index in [-0.39, 0.29) is 12.1 Å². The van der Waals surface area contributed by atoms with Crippen molar-refractivity contribution in [2.45, 2.75) is 44.2 Å². The van der Waals surface area contributed by atoms with Crippen LogP contribution >= 0.6 is 0 Å². The molecule has 2 heterocycles. The van der Waals surface area contributed by atoms with Crippen molar-refractivity contribution in [2.75, 3.05) is 19.6 Å². The van der Waals surface area contributed by atoms with Gasteiger partial charge in [0, 0.05) is 43.3 Å². The molecule has 0 amide bonds. The van der Waals surface area contributed by atoms with Crippen LogP contribution in [0.15, 0.2) is 65.7 Å². The van der Waals surface area contributed by atoms with E-state index in [1.807, 2.05) is 32.0 Å². The summed E-state index contributed by atoms with van der Waals surface area (Å²) in [6.45, 7) is 8.17. The van der Waals surface area contributed by atoms with Gasteiger partial charge in [-0.2, -0.15) is 4.31 Å². The normalized spacial score (nSPS) is 18.9. The summed E-state index contributed by atoms with van der Waals surface area (Å²) in [5.41, 5.74) is 3.00. The van der Waals surface area contributed by atoms with Crippen LogP contribution in [-0.4, -0.2) is 48.3 Å². The van der Waals surface area contributed by atoms with Crippen LogP contribution in [0.2, 0.25) is 0 Å². The SMILES string of the molecule is CCN(C1CCN(C(C)c2ccccc2)C1)S(=O)(=O)c1ccc(C)c2ncccc12. The Hall–Kier alpha value is -2.28. The molecule has 0 radical (unpaired) electrons. The number of hydrogen-bond acceptors (Lipinski definition) is 4. The molecule has 5 nitrogen and oxygen atoms in total. The molecule has 158 valence electrons. The molecule has 30 heavy (non-hydrogen) atoms. The van der Waals surface area contributed by atoms with E-state index in [0.717, 1.165) is 30.6 Å². The first-order chi connectivity index (χ1) is 14.4. The molecule has 2 aromatic carbocycles. The maximum absolute atomic E-state index is 13.7. The minimum absolute atomic E-state index is 0.0285. The number of likely N-dealkylation sites (N-methyl/N-ethyl adjacent to an activating group) is 1. The van der Waals surface area contributed by atoms with Crippen molar-refractivity contribution in [3.8, 4) is 0 Å². The van der Waals surface area contributed by atoms with Gasteiger partial charge in [-0.05, 0) is 49.6 Å². The molecule has 1 aromatic heterocycles. The number of likely N-dealkylation sites (tertiary alicyclic amines) is 1. The Labute approximate surface area is 179 Å². The number of sulfonamides is 1. The monoisotopic (exact) mass is 423 g/mol. The van der Waals surface area contributed by atoms with Gasteiger partial charge in [0.2, 0.25) is 10.0 Å². The van der Waals surface area contributed by atoms with Crippen molar-refractivity contribution in [3.63, 3.8) is 0 Å². The van der Waals surface area contributed by atoms with Crippen LogP contribution in [0.4, 0.5) is 0 Å². The summed E-state index contributed by atoms with van der Waals surface area (Å²) in [5, 5.41) is 0.698. The van der Waals surface area contributed by atoms with Crippen molar-refractivity contribution in [2.24, 2.45) is 0 Å². The summed E-state index contributed by atoms with van der Waals surface area (Å²) in [5.74, 6) is 0. The van der Waals surface area contributed by atoms with E-state index in [1.54, 1.807) is 22.6 Å². The second-order valence-electron chi connectivity index (χ2n) is 8.01. The molecular formula is C24H29N3O2S. The van der Waals surface area contributed by atoms with E-state index < -0.39 is 10.0 Å². The number of nitrogens with zero attached hydrogens (tertiary/aromatic N) is 3. The van der Waals surface area contributed by atoms with Gasteiger partial charge in [0.05, 0.1) is 10.4 Å². The van der Waals surface area contributed by atoms with Gasteiger partial charge in [0.15, 0.2) is 0 Å². The molecule has 1 aliphatic heterocycles. The first kappa shape index (κ1) is 21.0. The summed E-state index contributed by atoms with van der Waals surface area (Å²) in [6.07, 6.45) is 2.55. The number of rotatable bonds is 6. The van der Waals surface area contributed by atoms with Crippen molar-refractivity contribution >= 4 is 20.9 Å². The number of pyridine rings is 1. The van der Waals surface area contributed by atoms with Gasteiger partial charge >= 0.3 is 0 Å². The minimum Gasteiger partial charge on any atom is -0.295 e. The maximum atomic E-state index is 13.7. The topological polar surface area (TPSA) is 53.5 Å². The molecule has 0 bridgehead atoms. The fourth-order valence-electron chi connectivity index (χ4n) is 4.56. The highest BCUT2D eigenvalue weighted by Crippen LogP contribution is 2.32. The van der Waals surface area contributed by atoms with Crippen molar-refractivity contribution in [1.82, 2.24) is 14.2 Å². The predicted octanol–water partition coefficient (Wildman–Crippen LogP) is 4.39. The fourth-order valence-corrected chi connectivity index (χ4v) is 6.40. The molecule has 1 saturated heterocycles. The lowest BCUT2D eigenvalue weighted by molar-refractivity contribution is 0.239. The molecule has 3 aromatic rings.